The maximum absolute atomic E-state index is 13.4. The van der Waals surface area contributed by atoms with E-state index in [1.165, 1.54) is 37.4 Å². The van der Waals surface area contributed by atoms with Crippen molar-refractivity contribution in [2.75, 3.05) is 5.32 Å². The SMILES string of the molecule is CCC(=O)NNC(=O)c1cc(Cl)cc(C)c1NC(=O)c1cc(C(F)(F)F)nn1-c1ncccc1Cl. The number of carbonyl (C=O) groups is 3. The van der Waals surface area contributed by atoms with E-state index in [9.17, 15) is 27.6 Å². The van der Waals surface area contributed by atoms with Gasteiger partial charge in [-0.2, -0.15) is 18.3 Å². The summed E-state index contributed by atoms with van der Waals surface area (Å²) in [5, 5.41) is 5.99. The van der Waals surface area contributed by atoms with Crippen molar-refractivity contribution in [3.8, 4) is 5.82 Å². The highest BCUT2D eigenvalue weighted by Gasteiger charge is 2.36. The molecule has 1 aromatic carbocycles. The maximum Gasteiger partial charge on any atom is 0.435 e. The highest BCUT2D eigenvalue weighted by molar-refractivity contribution is 6.32. The summed E-state index contributed by atoms with van der Waals surface area (Å²) in [7, 11) is 0. The molecule has 3 N–H and O–H groups in total. The standard InChI is InChI=1S/C21H17Cl2F3N6O3/c1-3-16(33)29-30-19(34)12-8-11(22)7-10(2)17(12)28-20(35)14-9-15(21(24,25)26)31-32(14)18-13(23)5-4-6-27-18/h4-9H,3H2,1-2H3,(H,28,35)(H,29,33)(H,30,34). The molecule has 0 spiro atoms. The van der Waals surface area contributed by atoms with Crippen LogP contribution >= 0.6 is 23.2 Å². The van der Waals surface area contributed by atoms with Crippen molar-refractivity contribution < 1.29 is 27.6 Å². The number of hydrogen-bond donors (Lipinski definition) is 3. The Kier molecular flexibility index (Phi) is 7.66. The van der Waals surface area contributed by atoms with Crippen LogP contribution in [0.2, 0.25) is 10.0 Å². The van der Waals surface area contributed by atoms with E-state index in [2.05, 4.69) is 26.3 Å². The number of aromatic nitrogens is 3. The molecule has 184 valence electrons. The van der Waals surface area contributed by atoms with Crippen molar-refractivity contribution in [1.82, 2.24) is 25.6 Å². The van der Waals surface area contributed by atoms with E-state index in [0.29, 0.717) is 16.3 Å². The normalized spacial score (nSPS) is 11.2. The van der Waals surface area contributed by atoms with Crippen molar-refractivity contribution in [2.24, 2.45) is 0 Å². The van der Waals surface area contributed by atoms with Gasteiger partial charge in [0.15, 0.2) is 11.5 Å². The molecule has 0 aliphatic rings. The number of nitrogens with zero attached hydrogens (tertiary/aromatic N) is 3. The Bertz CT molecular complexity index is 1310. The molecule has 0 atom stereocenters. The van der Waals surface area contributed by atoms with Gasteiger partial charge in [-0.3, -0.25) is 25.2 Å². The van der Waals surface area contributed by atoms with Crippen LogP contribution in [0.1, 0.15) is 45.4 Å². The van der Waals surface area contributed by atoms with E-state index in [4.69, 9.17) is 23.2 Å². The molecule has 9 nitrogen and oxygen atoms in total. The summed E-state index contributed by atoms with van der Waals surface area (Å²) in [6, 6.07) is 6.03. The molecule has 2 aromatic heterocycles. The Morgan fingerprint density at radius 3 is 2.43 bits per heavy atom. The molecular weight excluding hydrogens is 512 g/mol. The van der Waals surface area contributed by atoms with Crippen LogP contribution in [0, 0.1) is 6.92 Å². The van der Waals surface area contributed by atoms with E-state index in [1.54, 1.807) is 6.92 Å². The van der Waals surface area contributed by atoms with Gasteiger partial charge in [0.1, 0.15) is 5.69 Å². The van der Waals surface area contributed by atoms with Gasteiger partial charge in [0.2, 0.25) is 5.91 Å². The highest BCUT2D eigenvalue weighted by atomic mass is 35.5. The molecule has 0 radical (unpaired) electrons. The van der Waals surface area contributed by atoms with Gasteiger partial charge in [0, 0.05) is 23.7 Å². The number of carbonyl (C=O) groups excluding carboxylic acids is 3. The first-order valence-electron chi connectivity index (χ1n) is 9.91. The van der Waals surface area contributed by atoms with Crippen molar-refractivity contribution in [3.05, 3.63) is 69.1 Å². The zero-order valence-electron chi connectivity index (χ0n) is 18.1. The number of pyridine rings is 1. The van der Waals surface area contributed by atoms with Crippen LogP contribution in [0.3, 0.4) is 0 Å². The summed E-state index contributed by atoms with van der Waals surface area (Å²) in [5.74, 6) is -2.53. The second-order valence-corrected chi connectivity index (χ2v) is 7.93. The van der Waals surface area contributed by atoms with Gasteiger partial charge >= 0.3 is 6.18 Å². The molecule has 0 unspecified atom stereocenters. The molecule has 3 rings (SSSR count). The van der Waals surface area contributed by atoms with E-state index >= 15 is 0 Å². The Hall–Kier alpha value is -3.64. The first kappa shape index (κ1) is 26.0. The van der Waals surface area contributed by atoms with Gasteiger partial charge in [0.05, 0.1) is 16.3 Å². The Balaban J connectivity index is 2.04. The molecule has 2 heterocycles. The van der Waals surface area contributed by atoms with Crippen LogP contribution in [-0.4, -0.2) is 32.5 Å². The van der Waals surface area contributed by atoms with Gasteiger partial charge in [-0.15, -0.1) is 0 Å². The summed E-state index contributed by atoms with van der Waals surface area (Å²) in [5.41, 5.74) is 2.62. The molecule has 3 aromatic rings. The van der Waals surface area contributed by atoms with Crippen molar-refractivity contribution in [2.45, 2.75) is 26.4 Å². The van der Waals surface area contributed by atoms with Crippen LogP contribution < -0.4 is 16.2 Å². The molecule has 14 heteroatoms. The number of amides is 3. The largest absolute Gasteiger partial charge is 0.435 e. The summed E-state index contributed by atoms with van der Waals surface area (Å²) < 4.78 is 40.8. The fourth-order valence-electron chi connectivity index (χ4n) is 2.92. The van der Waals surface area contributed by atoms with Crippen LogP contribution in [0.15, 0.2) is 36.5 Å². The van der Waals surface area contributed by atoms with E-state index in [1.807, 2.05) is 0 Å². The zero-order valence-corrected chi connectivity index (χ0v) is 19.6. The van der Waals surface area contributed by atoms with Crippen LogP contribution in [-0.2, 0) is 11.0 Å². The van der Waals surface area contributed by atoms with Crippen molar-refractivity contribution >= 4 is 46.6 Å². The van der Waals surface area contributed by atoms with Crippen LogP contribution in [0.5, 0.6) is 0 Å². The first-order valence-corrected chi connectivity index (χ1v) is 10.7. The lowest BCUT2D eigenvalue weighted by molar-refractivity contribution is -0.141. The molecule has 3 amide bonds. The minimum atomic E-state index is -4.86. The minimum Gasteiger partial charge on any atom is -0.320 e. The van der Waals surface area contributed by atoms with E-state index < -0.39 is 35.3 Å². The number of alkyl halides is 3. The third kappa shape index (κ3) is 5.89. The monoisotopic (exact) mass is 528 g/mol. The molecule has 0 fully saturated rings. The Morgan fingerprint density at radius 2 is 1.80 bits per heavy atom. The lowest BCUT2D eigenvalue weighted by Gasteiger charge is -2.15. The van der Waals surface area contributed by atoms with Crippen molar-refractivity contribution in [1.29, 1.82) is 0 Å². The molecule has 0 aliphatic heterocycles. The number of nitrogens with one attached hydrogen (secondary N) is 3. The summed E-state index contributed by atoms with van der Waals surface area (Å²) in [6.07, 6.45) is -3.49. The Labute approximate surface area is 206 Å². The minimum absolute atomic E-state index is 0.0453. The molecular formula is C21H17Cl2F3N6O3. The van der Waals surface area contributed by atoms with Crippen molar-refractivity contribution in [3.63, 3.8) is 0 Å². The summed E-state index contributed by atoms with van der Waals surface area (Å²) in [4.78, 5) is 41.2. The number of hydrazine groups is 1. The van der Waals surface area contributed by atoms with Crippen LogP contribution in [0.25, 0.3) is 5.82 Å². The zero-order chi connectivity index (χ0) is 25.9. The summed E-state index contributed by atoms with van der Waals surface area (Å²) >= 11 is 12.1. The fourth-order valence-corrected chi connectivity index (χ4v) is 3.40. The molecule has 0 saturated heterocycles. The average Bonchev–Trinajstić information content (AvgIpc) is 3.25. The Morgan fingerprint density at radius 1 is 1.09 bits per heavy atom. The molecule has 0 aliphatic carbocycles. The van der Waals surface area contributed by atoms with Crippen LogP contribution in [0.4, 0.5) is 18.9 Å². The van der Waals surface area contributed by atoms with Gasteiger partial charge in [-0.1, -0.05) is 30.1 Å². The number of benzene rings is 1. The second-order valence-electron chi connectivity index (χ2n) is 7.09. The number of aryl methyl sites for hydroxylation is 1. The van der Waals surface area contributed by atoms with E-state index in [-0.39, 0.29) is 33.5 Å². The molecule has 0 saturated carbocycles. The quantitative estimate of drug-likeness (QED) is 0.426. The van der Waals surface area contributed by atoms with Gasteiger partial charge in [-0.05, 0) is 36.8 Å². The highest BCUT2D eigenvalue weighted by Crippen LogP contribution is 2.31. The van der Waals surface area contributed by atoms with Gasteiger partial charge < -0.3 is 5.32 Å². The second kappa shape index (κ2) is 10.3. The lowest BCUT2D eigenvalue weighted by Crippen LogP contribution is -2.41. The number of halogens is 5. The molecule has 0 bridgehead atoms. The number of hydrogen-bond acceptors (Lipinski definition) is 5. The average molecular weight is 529 g/mol. The lowest BCUT2D eigenvalue weighted by atomic mass is 10.1. The van der Waals surface area contributed by atoms with Gasteiger partial charge in [-0.25, -0.2) is 9.67 Å². The van der Waals surface area contributed by atoms with E-state index in [0.717, 1.165) is 0 Å². The predicted octanol–water partition coefficient (Wildman–Crippen LogP) is 4.32. The number of anilines is 1. The fraction of sp³-hybridized carbons (Fsp3) is 0.190. The predicted molar refractivity (Wildman–Crippen MR) is 121 cm³/mol. The smallest absolute Gasteiger partial charge is 0.320 e. The topological polar surface area (TPSA) is 118 Å². The summed E-state index contributed by atoms with van der Waals surface area (Å²) in [6.45, 7) is 3.10. The first-order chi connectivity index (χ1) is 16.4. The third-order valence-electron chi connectivity index (χ3n) is 4.59. The maximum atomic E-state index is 13.4. The number of rotatable bonds is 5. The molecule has 35 heavy (non-hydrogen) atoms. The third-order valence-corrected chi connectivity index (χ3v) is 5.11. The van der Waals surface area contributed by atoms with Gasteiger partial charge in [0.25, 0.3) is 11.8 Å².